The number of carbonyl (C=O) groups is 1. The first kappa shape index (κ1) is 13.1. The van der Waals surface area contributed by atoms with Gasteiger partial charge < -0.3 is 5.32 Å². The van der Waals surface area contributed by atoms with E-state index in [4.69, 9.17) is 0 Å². The van der Waals surface area contributed by atoms with E-state index in [1.807, 2.05) is 38.4 Å². The molecule has 0 unspecified atom stereocenters. The molecule has 0 bridgehead atoms. The van der Waals surface area contributed by atoms with Gasteiger partial charge in [-0.05, 0) is 47.2 Å². The number of aromatic nitrogens is 2. The van der Waals surface area contributed by atoms with E-state index < -0.39 is 0 Å². The summed E-state index contributed by atoms with van der Waals surface area (Å²) in [5, 5.41) is 7.19. The van der Waals surface area contributed by atoms with Crippen molar-refractivity contribution < 1.29 is 4.79 Å². The summed E-state index contributed by atoms with van der Waals surface area (Å²) in [5.74, 6) is -0.101. The van der Waals surface area contributed by atoms with Gasteiger partial charge in [0.25, 0.3) is 5.91 Å². The highest BCUT2D eigenvalue weighted by Gasteiger charge is 2.11. The normalized spacial score (nSPS) is 10.4. The molecule has 5 heteroatoms. The van der Waals surface area contributed by atoms with E-state index in [1.54, 1.807) is 10.7 Å². The highest BCUT2D eigenvalue weighted by molar-refractivity contribution is 14.1. The van der Waals surface area contributed by atoms with E-state index in [9.17, 15) is 4.79 Å². The lowest BCUT2D eigenvalue weighted by atomic mass is 10.2. The van der Waals surface area contributed by atoms with Gasteiger partial charge in [-0.15, -0.1) is 0 Å². The highest BCUT2D eigenvalue weighted by Crippen LogP contribution is 2.16. The minimum atomic E-state index is -0.101. The number of anilines is 1. The third kappa shape index (κ3) is 2.90. The van der Waals surface area contributed by atoms with Crippen molar-refractivity contribution in [3.05, 3.63) is 45.3 Å². The molecule has 0 saturated carbocycles. The Hall–Kier alpha value is -1.37. The van der Waals surface area contributed by atoms with Crippen molar-refractivity contribution in [3.63, 3.8) is 0 Å². The quantitative estimate of drug-likeness (QED) is 0.861. The molecule has 0 aliphatic carbocycles. The van der Waals surface area contributed by atoms with Crippen LogP contribution in [0.4, 0.5) is 5.69 Å². The zero-order valence-electron chi connectivity index (χ0n) is 10.3. The van der Waals surface area contributed by atoms with Gasteiger partial charge >= 0.3 is 0 Å². The Morgan fingerprint density at radius 1 is 1.50 bits per heavy atom. The van der Waals surface area contributed by atoms with Gasteiger partial charge in [-0.25, -0.2) is 0 Å². The van der Waals surface area contributed by atoms with Crippen molar-refractivity contribution >= 4 is 34.2 Å². The smallest absolute Gasteiger partial charge is 0.255 e. The molecule has 0 aliphatic heterocycles. The van der Waals surface area contributed by atoms with Crippen LogP contribution in [0.15, 0.2) is 30.5 Å². The molecule has 0 fully saturated rings. The second-order valence-electron chi connectivity index (χ2n) is 3.98. The molecule has 1 aromatic carbocycles. The Morgan fingerprint density at radius 3 is 2.94 bits per heavy atom. The molecule has 0 atom stereocenters. The zero-order valence-corrected chi connectivity index (χ0v) is 12.4. The van der Waals surface area contributed by atoms with Crippen molar-refractivity contribution in [1.29, 1.82) is 0 Å². The van der Waals surface area contributed by atoms with Gasteiger partial charge in [0.15, 0.2) is 0 Å². The third-order valence-electron chi connectivity index (χ3n) is 2.58. The molecule has 2 rings (SSSR count). The summed E-state index contributed by atoms with van der Waals surface area (Å²) < 4.78 is 2.76. The van der Waals surface area contributed by atoms with E-state index in [0.29, 0.717) is 5.56 Å². The molecule has 0 aliphatic rings. The van der Waals surface area contributed by atoms with Gasteiger partial charge in [0.1, 0.15) is 0 Å². The number of halogens is 1. The predicted molar refractivity (Wildman–Crippen MR) is 79.7 cm³/mol. The number of carbonyl (C=O) groups excluding carboxylic acids is 1. The second-order valence-corrected chi connectivity index (χ2v) is 5.23. The summed E-state index contributed by atoms with van der Waals surface area (Å²) >= 11 is 2.19. The summed E-state index contributed by atoms with van der Waals surface area (Å²) in [6, 6.07) is 7.50. The summed E-state index contributed by atoms with van der Waals surface area (Å²) in [4.78, 5) is 12.1. The topological polar surface area (TPSA) is 46.9 Å². The SMILES string of the molecule is CCc1nn(C)cc1NC(=O)c1cccc(I)c1. The number of aryl methyl sites for hydroxylation is 2. The van der Waals surface area contributed by atoms with Crippen LogP contribution in [-0.4, -0.2) is 15.7 Å². The van der Waals surface area contributed by atoms with Crippen LogP contribution < -0.4 is 5.32 Å². The van der Waals surface area contributed by atoms with Gasteiger partial charge in [0.2, 0.25) is 0 Å². The number of nitrogens with zero attached hydrogens (tertiary/aromatic N) is 2. The Labute approximate surface area is 120 Å². The molecule has 4 nitrogen and oxygen atoms in total. The fourth-order valence-electron chi connectivity index (χ4n) is 1.72. The highest BCUT2D eigenvalue weighted by atomic mass is 127. The fraction of sp³-hybridized carbons (Fsp3) is 0.231. The van der Waals surface area contributed by atoms with Gasteiger partial charge in [-0.2, -0.15) is 5.10 Å². The van der Waals surface area contributed by atoms with Crippen LogP contribution in [0.5, 0.6) is 0 Å². The molecule has 2 aromatic rings. The van der Waals surface area contributed by atoms with E-state index >= 15 is 0 Å². The van der Waals surface area contributed by atoms with Crippen molar-refractivity contribution in [2.24, 2.45) is 7.05 Å². The summed E-state index contributed by atoms with van der Waals surface area (Å²) in [6.07, 6.45) is 2.62. The van der Waals surface area contributed by atoms with Gasteiger partial charge in [-0.1, -0.05) is 13.0 Å². The molecular formula is C13H14IN3O. The van der Waals surface area contributed by atoms with E-state index in [2.05, 4.69) is 33.0 Å². The van der Waals surface area contributed by atoms with Gasteiger partial charge in [0.05, 0.1) is 11.4 Å². The minimum Gasteiger partial charge on any atom is -0.319 e. The first-order valence-corrected chi connectivity index (χ1v) is 6.77. The van der Waals surface area contributed by atoms with E-state index in [0.717, 1.165) is 21.4 Å². The number of hydrogen-bond acceptors (Lipinski definition) is 2. The first-order valence-electron chi connectivity index (χ1n) is 5.69. The van der Waals surface area contributed by atoms with Crippen LogP contribution in [0.25, 0.3) is 0 Å². The van der Waals surface area contributed by atoms with Crippen LogP contribution in [0, 0.1) is 3.57 Å². The average molecular weight is 355 g/mol. The summed E-state index contributed by atoms with van der Waals surface area (Å²) in [5.41, 5.74) is 2.34. The fourth-order valence-corrected chi connectivity index (χ4v) is 2.27. The molecule has 1 heterocycles. The van der Waals surface area contributed by atoms with Crippen molar-refractivity contribution in [1.82, 2.24) is 9.78 Å². The largest absolute Gasteiger partial charge is 0.319 e. The molecule has 18 heavy (non-hydrogen) atoms. The molecule has 0 saturated heterocycles. The monoisotopic (exact) mass is 355 g/mol. The van der Waals surface area contributed by atoms with Crippen LogP contribution in [0.1, 0.15) is 23.0 Å². The van der Waals surface area contributed by atoms with Crippen LogP contribution in [-0.2, 0) is 13.5 Å². The van der Waals surface area contributed by atoms with Gasteiger partial charge in [0, 0.05) is 22.4 Å². The Morgan fingerprint density at radius 2 is 2.28 bits per heavy atom. The van der Waals surface area contributed by atoms with Crippen molar-refractivity contribution in [2.75, 3.05) is 5.32 Å². The summed E-state index contributed by atoms with van der Waals surface area (Å²) in [7, 11) is 1.85. The number of nitrogens with one attached hydrogen (secondary N) is 1. The van der Waals surface area contributed by atoms with E-state index in [1.165, 1.54) is 0 Å². The number of hydrogen-bond donors (Lipinski definition) is 1. The molecule has 0 radical (unpaired) electrons. The molecule has 1 N–H and O–H groups in total. The van der Waals surface area contributed by atoms with Crippen molar-refractivity contribution in [2.45, 2.75) is 13.3 Å². The van der Waals surface area contributed by atoms with Gasteiger partial charge in [-0.3, -0.25) is 9.48 Å². The minimum absolute atomic E-state index is 0.101. The van der Waals surface area contributed by atoms with Crippen molar-refractivity contribution in [3.8, 4) is 0 Å². The third-order valence-corrected chi connectivity index (χ3v) is 3.25. The standard InChI is InChI=1S/C13H14IN3O/c1-3-11-12(8-17(2)16-11)15-13(18)9-5-4-6-10(14)7-9/h4-8H,3H2,1-2H3,(H,15,18). The van der Waals surface area contributed by atoms with Crippen LogP contribution in [0.2, 0.25) is 0 Å². The number of amides is 1. The second kappa shape index (κ2) is 5.51. The maximum absolute atomic E-state index is 12.1. The lowest BCUT2D eigenvalue weighted by molar-refractivity contribution is 0.102. The number of benzene rings is 1. The molecule has 1 amide bonds. The average Bonchev–Trinajstić information content (AvgIpc) is 2.69. The van der Waals surface area contributed by atoms with Crippen LogP contribution >= 0.6 is 22.6 Å². The first-order chi connectivity index (χ1) is 8.60. The lowest BCUT2D eigenvalue weighted by Crippen LogP contribution is -2.12. The molecule has 0 spiro atoms. The Balaban J connectivity index is 2.21. The van der Waals surface area contributed by atoms with E-state index in [-0.39, 0.29) is 5.91 Å². The summed E-state index contributed by atoms with van der Waals surface area (Å²) in [6.45, 7) is 2.02. The van der Waals surface area contributed by atoms with Crippen LogP contribution in [0.3, 0.4) is 0 Å². The zero-order chi connectivity index (χ0) is 13.1. The molecular weight excluding hydrogens is 341 g/mol. The number of rotatable bonds is 3. The Kier molecular flexibility index (Phi) is 4.00. The molecule has 1 aromatic heterocycles. The molecule has 94 valence electrons. The maximum atomic E-state index is 12.1. The maximum Gasteiger partial charge on any atom is 0.255 e. The Bertz CT molecular complexity index is 577. The lowest BCUT2D eigenvalue weighted by Gasteiger charge is -2.04. The predicted octanol–water partition coefficient (Wildman–Crippen LogP) is 2.84.